The highest BCUT2D eigenvalue weighted by Crippen LogP contribution is 2.57. The zero-order valence-electron chi connectivity index (χ0n) is 12.3. The number of aliphatic carboxylic acids is 2. The molecule has 1 aliphatic heterocycles. The highest BCUT2D eigenvalue weighted by atomic mass is 32.2. The van der Waals surface area contributed by atoms with Crippen LogP contribution in [0.25, 0.3) is 0 Å². The molecule has 2 aliphatic rings. The van der Waals surface area contributed by atoms with Crippen molar-refractivity contribution in [2.45, 2.75) is 23.3 Å². The van der Waals surface area contributed by atoms with Crippen LogP contribution < -0.4 is 11.1 Å². The summed E-state index contributed by atoms with van der Waals surface area (Å²) < 4.78 is 24.1. The molecule has 1 saturated carbocycles. The van der Waals surface area contributed by atoms with Gasteiger partial charge in [0.25, 0.3) is 0 Å². The van der Waals surface area contributed by atoms with Crippen molar-refractivity contribution in [1.29, 1.82) is 0 Å². The van der Waals surface area contributed by atoms with E-state index in [-0.39, 0.29) is 0 Å². The number of carboxylic acid groups (broad SMARTS) is 2. The Hall–Kier alpha value is -1.33. The largest absolute Gasteiger partial charge is 0.481 e. The van der Waals surface area contributed by atoms with E-state index in [2.05, 4.69) is 5.32 Å². The minimum atomic E-state index is -3.91. The highest BCUT2D eigenvalue weighted by molar-refractivity contribution is 7.98. The fourth-order valence-corrected chi connectivity index (χ4v) is 6.38. The highest BCUT2D eigenvalue weighted by Gasteiger charge is 2.79. The van der Waals surface area contributed by atoms with Gasteiger partial charge in [-0.3, -0.25) is 9.59 Å². The number of carbonyl (C=O) groups excluding carboxylic acids is 1. The number of hydrogen-bond donors (Lipinski definition) is 4. The quantitative estimate of drug-likeness (QED) is 0.404. The van der Waals surface area contributed by atoms with Crippen LogP contribution in [0.5, 0.6) is 0 Å². The summed E-state index contributed by atoms with van der Waals surface area (Å²) in [6, 6.07) is -0.984. The summed E-state index contributed by atoms with van der Waals surface area (Å²) in [7, 11) is -3.91. The maximum atomic E-state index is 12.1. The van der Waals surface area contributed by atoms with E-state index >= 15 is 0 Å². The van der Waals surface area contributed by atoms with Crippen molar-refractivity contribution in [3.05, 3.63) is 0 Å². The first-order valence-electron chi connectivity index (χ1n) is 6.83. The lowest BCUT2D eigenvalue weighted by molar-refractivity contribution is -0.148. The van der Waals surface area contributed by atoms with Crippen LogP contribution >= 0.6 is 11.8 Å². The number of thioether (sulfide) groups is 1. The lowest BCUT2D eigenvalue weighted by Gasteiger charge is -2.28. The molecule has 2 fully saturated rings. The molecule has 0 aromatic rings. The molecular formula is C12H18N2O7S2. The van der Waals surface area contributed by atoms with Gasteiger partial charge in [-0.2, -0.15) is 11.8 Å². The molecule has 1 amide bonds. The molecule has 0 aromatic carbocycles. The molecule has 5 N–H and O–H groups in total. The lowest BCUT2D eigenvalue weighted by atomic mass is 9.93. The number of rotatable bonds is 7. The predicted molar refractivity (Wildman–Crippen MR) is 81.7 cm³/mol. The van der Waals surface area contributed by atoms with Gasteiger partial charge in [-0.1, -0.05) is 0 Å². The van der Waals surface area contributed by atoms with Crippen LogP contribution in [0.2, 0.25) is 0 Å². The van der Waals surface area contributed by atoms with Gasteiger partial charge in [0.15, 0.2) is 15.4 Å². The van der Waals surface area contributed by atoms with E-state index < -0.39 is 62.1 Å². The normalized spacial score (nSPS) is 35.1. The smallest absolute Gasteiger partial charge is 0.330 e. The first-order chi connectivity index (χ1) is 10.6. The molecule has 5 atom stereocenters. The van der Waals surface area contributed by atoms with Crippen LogP contribution in [0, 0.1) is 11.8 Å². The Morgan fingerprint density at radius 1 is 1.39 bits per heavy atom. The predicted octanol–water partition coefficient (Wildman–Crippen LogP) is -1.87. The van der Waals surface area contributed by atoms with E-state index in [1.807, 2.05) is 6.26 Å². The van der Waals surface area contributed by atoms with Crippen molar-refractivity contribution in [3.63, 3.8) is 0 Å². The topological polar surface area (TPSA) is 164 Å². The van der Waals surface area contributed by atoms with E-state index in [4.69, 9.17) is 10.8 Å². The van der Waals surface area contributed by atoms with Crippen molar-refractivity contribution in [3.8, 4) is 0 Å². The maximum absolute atomic E-state index is 12.1. The van der Waals surface area contributed by atoms with Gasteiger partial charge >= 0.3 is 11.9 Å². The molecule has 9 nitrogen and oxygen atoms in total. The van der Waals surface area contributed by atoms with Crippen LogP contribution in [0.4, 0.5) is 0 Å². The van der Waals surface area contributed by atoms with Gasteiger partial charge in [-0.25, -0.2) is 13.2 Å². The first kappa shape index (κ1) is 18.0. The SMILES string of the molecule is CSCC[C@H](N)C(=O)N[C@]1(C(=O)O)CS(=O)(=O)[C@H]2[C@H](C(=O)O)[C@H]21. The molecule has 130 valence electrons. The summed E-state index contributed by atoms with van der Waals surface area (Å²) in [5, 5.41) is 19.5. The standard InChI is InChI=1S/C12H18N2O7S2/c1-22-3-2-5(13)9(15)14-12(11(18)19)4-23(20,21)8-6(7(8)12)10(16)17/h5-8H,2-4,13H2,1H3,(H,14,15)(H,16,17)(H,18,19)/t5-,6+,7+,8-,12+/m0/s1. The minimum absolute atomic E-state index is 0.298. The minimum Gasteiger partial charge on any atom is -0.481 e. The maximum Gasteiger partial charge on any atom is 0.330 e. The van der Waals surface area contributed by atoms with Crippen molar-refractivity contribution in [2.24, 2.45) is 17.6 Å². The molecule has 11 heteroatoms. The molecular weight excluding hydrogens is 348 g/mol. The van der Waals surface area contributed by atoms with Crippen LogP contribution in [0.1, 0.15) is 6.42 Å². The number of amides is 1. The average molecular weight is 366 g/mol. The average Bonchev–Trinajstić information content (AvgIpc) is 3.15. The summed E-state index contributed by atoms with van der Waals surface area (Å²) in [6.07, 6.45) is 2.12. The third kappa shape index (κ3) is 2.92. The van der Waals surface area contributed by atoms with Gasteiger partial charge in [-0.05, 0) is 18.4 Å². The molecule has 1 saturated heterocycles. The zero-order valence-corrected chi connectivity index (χ0v) is 13.9. The van der Waals surface area contributed by atoms with Crippen molar-refractivity contribution in [1.82, 2.24) is 5.32 Å². The molecule has 1 aliphatic carbocycles. The molecule has 0 aromatic heterocycles. The van der Waals surface area contributed by atoms with E-state index in [1.165, 1.54) is 11.8 Å². The van der Waals surface area contributed by atoms with E-state index in [0.717, 1.165) is 0 Å². The Bertz CT molecular complexity index is 650. The number of carbonyl (C=O) groups is 3. The fourth-order valence-electron chi connectivity index (χ4n) is 3.19. The fraction of sp³-hybridized carbons (Fsp3) is 0.750. The lowest BCUT2D eigenvalue weighted by Crippen LogP contribution is -2.61. The van der Waals surface area contributed by atoms with Crippen molar-refractivity contribution in [2.75, 3.05) is 17.8 Å². The second-order valence-corrected chi connectivity index (χ2v) is 8.96. The second kappa shape index (κ2) is 5.95. The van der Waals surface area contributed by atoms with Gasteiger partial charge in [0, 0.05) is 5.92 Å². The van der Waals surface area contributed by atoms with Crippen LogP contribution in [-0.4, -0.2) is 71.1 Å². The van der Waals surface area contributed by atoms with Gasteiger partial charge in [0.2, 0.25) is 5.91 Å². The van der Waals surface area contributed by atoms with E-state index in [1.54, 1.807) is 0 Å². The molecule has 1 heterocycles. The number of sulfone groups is 1. The van der Waals surface area contributed by atoms with E-state index in [9.17, 15) is 27.9 Å². The van der Waals surface area contributed by atoms with Crippen LogP contribution in [-0.2, 0) is 24.2 Å². The third-order valence-electron chi connectivity index (χ3n) is 4.35. The third-order valence-corrected chi connectivity index (χ3v) is 7.27. The van der Waals surface area contributed by atoms with E-state index in [0.29, 0.717) is 12.2 Å². The Kier molecular flexibility index (Phi) is 4.66. The summed E-state index contributed by atoms with van der Waals surface area (Å²) in [5.74, 6) is -6.43. The number of fused-ring (bicyclic) bond motifs is 1. The molecule has 0 spiro atoms. The van der Waals surface area contributed by atoms with Gasteiger partial charge in [-0.15, -0.1) is 0 Å². The Morgan fingerprint density at radius 2 is 2.00 bits per heavy atom. The number of carboxylic acids is 2. The van der Waals surface area contributed by atoms with Gasteiger partial charge in [0.05, 0.1) is 23.0 Å². The second-order valence-electron chi connectivity index (χ2n) is 5.82. The van der Waals surface area contributed by atoms with Crippen molar-refractivity contribution >= 4 is 39.4 Å². The molecule has 0 unspecified atom stereocenters. The van der Waals surface area contributed by atoms with Crippen molar-refractivity contribution < 1.29 is 33.0 Å². The monoisotopic (exact) mass is 366 g/mol. The molecule has 23 heavy (non-hydrogen) atoms. The van der Waals surface area contributed by atoms with Crippen LogP contribution in [0.15, 0.2) is 0 Å². The first-order valence-corrected chi connectivity index (χ1v) is 9.93. The Morgan fingerprint density at radius 3 is 2.43 bits per heavy atom. The molecule has 0 bridgehead atoms. The van der Waals surface area contributed by atoms with Crippen LogP contribution in [0.3, 0.4) is 0 Å². The van der Waals surface area contributed by atoms with Gasteiger partial charge < -0.3 is 21.3 Å². The zero-order chi connectivity index (χ0) is 17.6. The Balaban J connectivity index is 2.26. The van der Waals surface area contributed by atoms with Gasteiger partial charge in [0.1, 0.15) is 0 Å². The summed E-state index contributed by atoms with van der Waals surface area (Å²) in [4.78, 5) is 34.9. The number of nitrogens with two attached hydrogens (primary N) is 1. The summed E-state index contributed by atoms with van der Waals surface area (Å²) in [5.41, 5.74) is 3.55. The number of nitrogens with one attached hydrogen (secondary N) is 1. The Labute approximate surface area is 136 Å². The summed E-state index contributed by atoms with van der Waals surface area (Å²) in [6.45, 7) is 0. The molecule has 2 rings (SSSR count). The summed E-state index contributed by atoms with van der Waals surface area (Å²) >= 11 is 1.46. The number of hydrogen-bond acceptors (Lipinski definition) is 7. The molecule has 0 radical (unpaired) electrons.